The lowest BCUT2D eigenvalue weighted by atomic mass is 10.1. The highest BCUT2D eigenvalue weighted by Gasteiger charge is 2.49. The zero-order valence-corrected chi connectivity index (χ0v) is 17.4. The van der Waals surface area contributed by atoms with Crippen molar-refractivity contribution in [3.8, 4) is 17.1 Å². The molecule has 1 aliphatic heterocycles. The van der Waals surface area contributed by atoms with Gasteiger partial charge in [-0.05, 0) is 56.3 Å². The van der Waals surface area contributed by atoms with Crippen LogP contribution in [0.1, 0.15) is 12.8 Å². The van der Waals surface area contributed by atoms with Crippen molar-refractivity contribution in [2.24, 2.45) is 0 Å². The summed E-state index contributed by atoms with van der Waals surface area (Å²) in [6.07, 6.45) is 5.95. The molecule has 0 amide bonds. The van der Waals surface area contributed by atoms with Crippen molar-refractivity contribution in [2.75, 3.05) is 31.6 Å². The van der Waals surface area contributed by atoms with E-state index in [0.29, 0.717) is 16.9 Å². The molecule has 7 heteroatoms. The summed E-state index contributed by atoms with van der Waals surface area (Å²) in [4.78, 5) is 18.8. The van der Waals surface area contributed by atoms with Crippen LogP contribution in [0.15, 0.2) is 60.9 Å². The van der Waals surface area contributed by atoms with Gasteiger partial charge in [0.15, 0.2) is 5.65 Å². The molecule has 6 nitrogen and oxygen atoms in total. The highest BCUT2D eigenvalue weighted by atomic mass is 19.1. The monoisotopic (exact) mass is 414 g/mol. The van der Waals surface area contributed by atoms with Crippen molar-refractivity contribution in [3.05, 3.63) is 66.7 Å². The number of hydrogen-bond donors (Lipinski definition) is 0. The molecule has 31 heavy (non-hydrogen) atoms. The Morgan fingerprint density at radius 2 is 1.74 bits per heavy atom. The Hall–Kier alpha value is -3.32. The number of pyridine rings is 2. The Morgan fingerprint density at radius 3 is 2.52 bits per heavy atom. The van der Waals surface area contributed by atoms with Crippen LogP contribution < -0.4 is 4.90 Å². The van der Waals surface area contributed by atoms with Crippen molar-refractivity contribution >= 4 is 17.0 Å². The van der Waals surface area contributed by atoms with E-state index in [4.69, 9.17) is 9.97 Å². The van der Waals surface area contributed by atoms with E-state index in [9.17, 15) is 4.39 Å². The second kappa shape index (κ2) is 6.85. The van der Waals surface area contributed by atoms with E-state index < -0.39 is 0 Å². The van der Waals surface area contributed by atoms with Crippen LogP contribution in [-0.2, 0) is 0 Å². The summed E-state index contributed by atoms with van der Waals surface area (Å²) in [5.74, 6) is 1.19. The first kappa shape index (κ1) is 18.4. The fourth-order valence-electron chi connectivity index (χ4n) is 4.63. The molecule has 156 valence electrons. The van der Waals surface area contributed by atoms with Crippen LogP contribution in [0.4, 0.5) is 10.2 Å². The average Bonchev–Trinajstić information content (AvgIpc) is 3.47. The maximum absolute atomic E-state index is 14.7. The predicted octanol–water partition coefficient (Wildman–Crippen LogP) is 3.91. The topological polar surface area (TPSA) is 50.1 Å². The first-order chi connectivity index (χ1) is 15.1. The molecule has 4 aromatic rings. The second-order valence-electron chi connectivity index (χ2n) is 8.54. The Balaban J connectivity index is 1.52. The molecule has 1 spiro atoms. The number of halogens is 1. The summed E-state index contributed by atoms with van der Waals surface area (Å²) in [6, 6.07) is 14.6. The molecule has 4 heterocycles. The molecule has 0 N–H and O–H groups in total. The van der Waals surface area contributed by atoms with Gasteiger partial charge in [-0.2, -0.15) is 0 Å². The van der Waals surface area contributed by atoms with E-state index in [2.05, 4.69) is 21.8 Å². The number of likely N-dealkylation sites (N-methyl/N-ethyl adjacent to an activating group) is 1. The third-order valence-electron chi connectivity index (χ3n) is 6.68. The molecule has 2 aliphatic rings. The molecule has 3 aromatic heterocycles. The quantitative estimate of drug-likeness (QED) is 0.509. The number of hydrogen-bond acceptors (Lipinski definition) is 5. The molecular formula is C24H23FN6. The summed E-state index contributed by atoms with van der Waals surface area (Å²) >= 11 is 0. The number of benzene rings is 1. The number of fused-ring (bicyclic) bond motifs is 1. The van der Waals surface area contributed by atoms with Crippen LogP contribution in [-0.4, -0.2) is 56.6 Å². The van der Waals surface area contributed by atoms with Gasteiger partial charge in [-0.15, -0.1) is 0 Å². The van der Waals surface area contributed by atoms with E-state index in [1.807, 2.05) is 34.9 Å². The van der Waals surface area contributed by atoms with E-state index >= 15 is 0 Å². The number of anilines is 1. The van der Waals surface area contributed by atoms with Crippen LogP contribution in [0.3, 0.4) is 0 Å². The Kier molecular flexibility index (Phi) is 4.08. The minimum atomic E-state index is -0.303. The average molecular weight is 414 g/mol. The summed E-state index contributed by atoms with van der Waals surface area (Å²) < 4.78 is 16.6. The van der Waals surface area contributed by atoms with E-state index in [1.54, 1.807) is 24.5 Å². The lowest BCUT2D eigenvalue weighted by Gasteiger charge is -2.40. The molecule has 0 radical (unpaired) electrons. The number of piperazine rings is 1. The van der Waals surface area contributed by atoms with Crippen molar-refractivity contribution in [2.45, 2.75) is 18.4 Å². The number of aromatic nitrogens is 4. The first-order valence-electron chi connectivity index (χ1n) is 10.7. The van der Waals surface area contributed by atoms with Gasteiger partial charge in [-0.25, -0.2) is 14.4 Å². The van der Waals surface area contributed by atoms with Crippen molar-refractivity contribution in [3.63, 3.8) is 0 Å². The summed E-state index contributed by atoms with van der Waals surface area (Å²) in [7, 11) is 2.22. The predicted molar refractivity (Wildman–Crippen MR) is 119 cm³/mol. The van der Waals surface area contributed by atoms with Gasteiger partial charge in [0.25, 0.3) is 0 Å². The van der Waals surface area contributed by atoms with Crippen LogP contribution in [0.2, 0.25) is 0 Å². The molecule has 1 aliphatic carbocycles. The maximum Gasteiger partial charge on any atom is 0.167 e. The molecule has 0 atom stereocenters. The lowest BCUT2D eigenvalue weighted by Crippen LogP contribution is -2.53. The normalized spacial score (nSPS) is 18.1. The highest BCUT2D eigenvalue weighted by Crippen LogP contribution is 2.44. The van der Waals surface area contributed by atoms with E-state index in [-0.39, 0.29) is 5.82 Å². The lowest BCUT2D eigenvalue weighted by molar-refractivity contribution is 0.198. The summed E-state index contributed by atoms with van der Waals surface area (Å²) in [6.45, 7) is 2.97. The van der Waals surface area contributed by atoms with Crippen molar-refractivity contribution in [1.82, 2.24) is 24.4 Å². The molecule has 1 aromatic carbocycles. The van der Waals surface area contributed by atoms with Gasteiger partial charge in [-0.3, -0.25) is 14.5 Å². The molecule has 0 unspecified atom stereocenters. The van der Waals surface area contributed by atoms with Gasteiger partial charge >= 0.3 is 0 Å². The number of rotatable bonds is 3. The molecular weight excluding hydrogens is 391 g/mol. The van der Waals surface area contributed by atoms with Crippen LogP contribution >= 0.6 is 0 Å². The third-order valence-corrected chi connectivity index (χ3v) is 6.68. The third kappa shape index (κ3) is 2.99. The molecule has 6 rings (SSSR count). The smallest absolute Gasteiger partial charge is 0.167 e. The highest BCUT2D eigenvalue weighted by molar-refractivity contribution is 5.81. The fraction of sp³-hybridized carbons (Fsp3) is 0.292. The molecule has 1 saturated carbocycles. The maximum atomic E-state index is 14.7. The van der Waals surface area contributed by atoms with Crippen LogP contribution in [0, 0.1) is 5.82 Å². The zero-order chi connectivity index (χ0) is 21.0. The van der Waals surface area contributed by atoms with Gasteiger partial charge < -0.3 is 4.90 Å². The van der Waals surface area contributed by atoms with Crippen LogP contribution in [0.25, 0.3) is 28.2 Å². The second-order valence-corrected chi connectivity index (χ2v) is 8.54. The SMILES string of the molecule is CN1CCN(c2ccc3nc(-c4ccccc4F)n(-c4ccncc4)c3n2)CC12CC2. The van der Waals surface area contributed by atoms with Gasteiger partial charge in [-0.1, -0.05) is 12.1 Å². The fourth-order valence-corrected chi connectivity index (χ4v) is 4.63. The Morgan fingerprint density at radius 1 is 0.935 bits per heavy atom. The molecule has 0 bridgehead atoms. The first-order valence-corrected chi connectivity index (χ1v) is 10.7. The van der Waals surface area contributed by atoms with Gasteiger partial charge in [0, 0.05) is 37.6 Å². The van der Waals surface area contributed by atoms with Gasteiger partial charge in [0.1, 0.15) is 23.0 Å². The molecule has 1 saturated heterocycles. The number of imidazole rings is 1. The van der Waals surface area contributed by atoms with Crippen molar-refractivity contribution < 1.29 is 4.39 Å². The number of nitrogens with zero attached hydrogens (tertiary/aromatic N) is 6. The summed E-state index contributed by atoms with van der Waals surface area (Å²) in [5, 5.41) is 0. The van der Waals surface area contributed by atoms with Crippen molar-refractivity contribution in [1.29, 1.82) is 0 Å². The van der Waals surface area contributed by atoms with Gasteiger partial charge in [0.2, 0.25) is 0 Å². The van der Waals surface area contributed by atoms with Gasteiger partial charge in [0.05, 0.1) is 11.3 Å². The Labute approximate surface area is 180 Å². The van der Waals surface area contributed by atoms with E-state index in [0.717, 1.165) is 42.3 Å². The summed E-state index contributed by atoms with van der Waals surface area (Å²) in [5.41, 5.74) is 3.09. The molecule has 2 fully saturated rings. The largest absolute Gasteiger partial charge is 0.353 e. The van der Waals surface area contributed by atoms with Crippen LogP contribution in [0.5, 0.6) is 0 Å². The minimum absolute atomic E-state index is 0.303. The zero-order valence-electron chi connectivity index (χ0n) is 17.4. The van der Waals surface area contributed by atoms with E-state index in [1.165, 1.54) is 18.9 Å². The Bertz CT molecular complexity index is 1260. The minimum Gasteiger partial charge on any atom is -0.353 e. The standard InChI is InChI=1S/C24H23FN6/c1-29-14-15-30(16-24(29)10-11-24)21-7-6-20-23(28-21)31(17-8-12-26-13-9-17)22(27-20)18-4-2-3-5-19(18)25/h2-9,12-13H,10-11,14-16H2,1H3.